The molecule has 2 aromatic rings. The Labute approximate surface area is 182 Å². The van der Waals surface area contributed by atoms with E-state index in [1.807, 2.05) is 24.3 Å². The SMILES string of the molecule is CC(C)Sc1nc2c(c(=O)[nH]1)C(c1ccc(Br)cc1)C1=C(CC(C)(C)CC1=O)N2. The molecule has 152 valence electrons. The van der Waals surface area contributed by atoms with Crippen LogP contribution in [0.15, 0.2) is 50.0 Å². The number of nitrogens with zero attached hydrogens (tertiary/aromatic N) is 1. The molecular weight excluding hydrogens is 450 g/mol. The van der Waals surface area contributed by atoms with Gasteiger partial charge in [-0.2, -0.15) is 0 Å². The second-order valence-electron chi connectivity index (χ2n) is 8.74. The van der Waals surface area contributed by atoms with E-state index in [-0.39, 0.29) is 16.8 Å². The van der Waals surface area contributed by atoms with Crippen molar-refractivity contribution in [2.45, 2.75) is 56.9 Å². The van der Waals surface area contributed by atoms with Gasteiger partial charge in [-0.25, -0.2) is 4.98 Å². The van der Waals surface area contributed by atoms with Crippen LogP contribution < -0.4 is 10.9 Å². The zero-order valence-electron chi connectivity index (χ0n) is 16.9. The lowest BCUT2D eigenvalue weighted by Crippen LogP contribution is -2.37. The highest BCUT2D eigenvalue weighted by Crippen LogP contribution is 2.47. The zero-order valence-corrected chi connectivity index (χ0v) is 19.3. The number of carbonyl (C=O) groups excluding carboxylic acids is 1. The smallest absolute Gasteiger partial charge is 0.257 e. The van der Waals surface area contributed by atoms with Crippen molar-refractivity contribution >= 4 is 39.3 Å². The first-order valence-electron chi connectivity index (χ1n) is 9.74. The molecule has 0 saturated carbocycles. The van der Waals surface area contributed by atoms with Crippen LogP contribution in [0, 0.1) is 5.41 Å². The molecule has 1 aliphatic carbocycles. The summed E-state index contributed by atoms with van der Waals surface area (Å²) in [5.74, 6) is 0.253. The molecule has 0 fully saturated rings. The van der Waals surface area contributed by atoms with Gasteiger partial charge in [-0.05, 0) is 29.5 Å². The van der Waals surface area contributed by atoms with E-state index >= 15 is 0 Å². The summed E-state index contributed by atoms with van der Waals surface area (Å²) in [6.07, 6.45) is 1.23. The van der Waals surface area contributed by atoms with Gasteiger partial charge in [0, 0.05) is 33.3 Å². The first-order chi connectivity index (χ1) is 13.6. The van der Waals surface area contributed by atoms with Crippen molar-refractivity contribution in [2.75, 3.05) is 5.32 Å². The van der Waals surface area contributed by atoms with Crippen molar-refractivity contribution in [1.82, 2.24) is 9.97 Å². The molecule has 7 heteroatoms. The van der Waals surface area contributed by atoms with E-state index in [2.05, 4.69) is 53.9 Å². The maximum Gasteiger partial charge on any atom is 0.257 e. The lowest BCUT2D eigenvalue weighted by atomic mass is 9.69. The number of benzene rings is 1. The number of rotatable bonds is 3. The van der Waals surface area contributed by atoms with Gasteiger partial charge in [0.1, 0.15) is 5.82 Å². The molecule has 0 radical (unpaired) electrons. The van der Waals surface area contributed by atoms with E-state index in [1.165, 1.54) is 11.8 Å². The maximum absolute atomic E-state index is 13.2. The number of hydrogen-bond acceptors (Lipinski definition) is 5. The molecule has 0 spiro atoms. The molecule has 4 rings (SSSR count). The minimum atomic E-state index is -0.410. The molecule has 2 aliphatic rings. The minimum absolute atomic E-state index is 0.0994. The Bertz CT molecular complexity index is 1070. The topological polar surface area (TPSA) is 74.8 Å². The van der Waals surface area contributed by atoms with Crippen LogP contribution >= 0.6 is 27.7 Å². The van der Waals surface area contributed by atoms with Crippen molar-refractivity contribution in [1.29, 1.82) is 0 Å². The van der Waals surface area contributed by atoms with Crippen LogP contribution in [-0.2, 0) is 4.79 Å². The van der Waals surface area contributed by atoms with E-state index in [1.54, 1.807) is 0 Å². The van der Waals surface area contributed by atoms with Gasteiger partial charge in [0.15, 0.2) is 10.9 Å². The molecule has 2 heterocycles. The number of aromatic amines is 1. The quantitative estimate of drug-likeness (QED) is 0.471. The molecule has 2 N–H and O–H groups in total. The first-order valence-corrected chi connectivity index (χ1v) is 11.4. The molecule has 0 bridgehead atoms. The van der Waals surface area contributed by atoms with Crippen molar-refractivity contribution in [3.63, 3.8) is 0 Å². The largest absolute Gasteiger partial charge is 0.343 e. The number of allylic oxidation sites excluding steroid dienone is 2. The van der Waals surface area contributed by atoms with Crippen LogP contribution in [0.4, 0.5) is 5.82 Å². The van der Waals surface area contributed by atoms with Crippen LogP contribution in [0.3, 0.4) is 0 Å². The van der Waals surface area contributed by atoms with Gasteiger partial charge in [0.2, 0.25) is 0 Å². The maximum atomic E-state index is 13.2. The standard InChI is InChI=1S/C22H24BrN3O2S/c1-11(2)29-21-25-19-18(20(28)26-21)16(12-5-7-13(23)8-6-12)17-14(24-19)9-22(3,4)10-15(17)27/h5-8,11,16H,9-10H2,1-4H3,(H2,24,25,26,28). The van der Waals surface area contributed by atoms with Crippen LogP contribution in [-0.4, -0.2) is 21.0 Å². The Morgan fingerprint density at radius 1 is 1.17 bits per heavy atom. The average Bonchev–Trinajstić information content (AvgIpc) is 2.59. The van der Waals surface area contributed by atoms with E-state index in [0.29, 0.717) is 33.8 Å². The van der Waals surface area contributed by atoms with Crippen molar-refractivity contribution in [2.24, 2.45) is 5.41 Å². The number of H-pyrrole nitrogens is 1. The molecular formula is C22H24BrN3O2S. The highest BCUT2D eigenvalue weighted by atomic mass is 79.9. The van der Waals surface area contributed by atoms with Crippen LogP contribution in [0.5, 0.6) is 0 Å². The first kappa shape index (κ1) is 20.4. The zero-order chi connectivity index (χ0) is 20.9. The van der Waals surface area contributed by atoms with Gasteiger partial charge in [0.25, 0.3) is 5.56 Å². The predicted molar refractivity (Wildman–Crippen MR) is 121 cm³/mol. The third-order valence-electron chi connectivity index (χ3n) is 5.25. The fourth-order valence-electron chi connectivity index (χ4n) is 4.16. The fourth-order valence-corrected chi connectivity index (χ4v) is 5.17. The lowest BCUT2D eigenvalue weighted by Gasteiger charge is -2.38. The third-order valence-corrected chi connectivity index (χ3v) is 6.67. The van der Waals surface area contributed by atoms with E-state index in [0.717, 1.165) is 22.2 Å². The second-order valence-corrected chi connectivity index (χ2v) is 11.2. The number of fused-ring (bicyclic) bond motifs is 1. The molecule has 1 atom stereocenters. The number of thioether (sulfide) groups is 1. The molecule has 1 aliphatic heterocycles. The third kappa shape index (κ3) is 3.94. The highest BCUT2D eigenvalue weighted by Gasteiger charge is 2.42. The number of hydrogen-bond donors (Lipinski definition) is 2. The summed E-state index contributed by atoms with van der Waals surface area (Å²) in [6, 6.07) is 7.83. The number of halogens is 1. The minimum Gasteiger partial charge on any atom is -0.343 e. The van der Waals surface area contributed by atoms with E-state index < -0.39 is 5.92 Å². The van der Waals surface area contributed by atoms with E-state index in [4.69, 9.17) is 4.98 Å². The number of Topliss-reactive ketones (excluding diaryl/α,β-unsaturated/α-hetero) is 1. The summed E-state index contributed by atoms with van der Waals surface area (Å²) in [5, 5.41) is 4.25. The monoisotopic (exact) mass is 473 g/mol. The Hall–Kier alpha value is -1.86. The molecule has 1 aromatic carbocycles. The summed E-state index contributed by atoms with van der Waals surface area (Å²) >= 11 is 4.99. The van der Waals surface area contributed by atoms with Crippen molar-refractivity contribution in [3.05, 3.63) is 61.5 Å². The second kappa shape index (κ2) is 7.43. The normalized spacial score (nSPS) is 20.3. The summed E-state index contributed by atoms with van der Waals surface area (Å²) in [4.78, 5) is 33.9. The van der Waals surface area contributed by atoms with Gasteiger partial charge in [0.05, 0.1) is 5.56 Å². The predicted octanol–water partition coefficient (Wildman–Crippen LogP) is 5.23. The lowest BCUT2D eigenvalue weighted by molar-refractivity contribution is -0.118. The summed E-state index contributed by atoms with van der Waals surface area (Å²) in [5.41, 5.74) is 2.73. The number of ketones is 1. The number of anilines is 1. The molecule has 5 nitrogen and oxygen atoms in total. The Balaban J connectivity index is 1.93. The molecule has 1 aromatic heterocycles. The van der Waals surface area contributed by atoms with Gasteiger partial charge in [-0.15, -0.1) is 0 Å². The summed E-state index contributed by atoms with van der Waals surface area (Å²) < 4.78 is 0.955. The number of carbonyl (C=O) groups is 1. The molecule has 0 amide bonds. The van der Waals surface area contributed by atoms with Crippen molar-refractivity contribution in [3.8, 4) is 0 Å². The highest BCUT2D eigenvalue weighted by molar-refractivity contribution is 9.10. The summed E-state index contributed by atoms with van der Waals surface area (Å²) in [7, 11) is 0. The average molecular weight is 474 g/mol. The molecule has 0 saturated heterocycles. The molecule has 1 unspecified atom stereocenters. The van der Waals surface area contributed by atoms with Gasteiger partial charge >= 0.3 is 0 Å². The van der Waals surface area contributed by atoms with Crippen molar-refractivity contribution < 1.29 is 4.79 Å². The van der Waals surface area contributed by atoms with Gasteiger partial charge < -0.3 is 10.3 Å². The Morgan fingerprint density at radius 2 is 1.86 bits per heavy atom. The van der Waals surface area contributed by atoms with Crippen LogP contribution in [0.25, 0.3) is 0 Å². The van der Waals surface area contributed by atoms with E-state index in [9.17, 15) is 9.59 Å². The van der Waals surface area contributed by atoms with Gasteiger partial charge in [-0.3, -0.25) is 9.59 Å². The van der Waals surface area contributed by atoms with Gasteiger partial charge in [-0.1, -0.05) is 67.5 Å². The van der Waals surface area contributed by atoms with Crippen LogP contribution in [0.2, 0.25) is 0 Å². The fraction of sp³-hybridized carbons (Fsp3) is 0.409. The Morgan fingerprint density at radius 3 is 2.52 bits per heavy atom. The molecule has 29 heavy (non-hydrogen) atoms. The Kier molecular flexibility index (Phi) is 5.23. The number of nitrogens with one attached hydrogen (secondary N) is 2. The van der Waals surface area contributed by atoms with Crippen LogP contribution in [0.1, 0.15) is 57.6 Å². The summed E-state index contributed by atoms with van der Waals surface area (Å²) in [6.45, 7) is 8.33. The number of aromatic nitrogens is 2.